The third kappa shape index (κ3) is 2.60. The van der Waals surface area contributed by atoms with Gasteiger partial charge in [0, 0.05) is 17.1 Å². The second kappa shape index (κ2) is 5.63. The molecule has 0 radical (unpaired) electrons. The summed E-state index contributed by atoms with van der Waals surface area (Å²) in [4.78, 5) is 0. The molecule has 19 heavy (non-hydrogen) atoms. The second-order valence-corrected chi connectivity index (χ2v) is 5.08. The maximum atomic E-state index is 6.07. The van der Waals surface area contributed by atoms with Gasteiger partial charge >= 0.3 is 0 Å². The number of rotatable bonds is 4. The van der Waals surface area contributed by atoms with E-state index >= 15 is 0 Å². The van der Waals surface area contributed by atoms with E-state index in [4.69, 9.17) is 22.1 Å². The molecule has 0 aliphatic heterocycles. The van der Waals surface area contributed by atoms with Crippen molar-refractivity contribution < 1.29 is 4.74 Å². The van der Waals surface area contributed by atoms with Crippen LogP contribution in [0.5, 0.6) is 5.75 Å². The van der Waals surface area contributed by atoms with E-state index in [1.54, 1.807) is 19.4 Å². The van der Waals surface area contributed by atoms with Crippen LogP contribution in [-0.2, 0) is 6.54 Å². The Hall–Kier alpha value is -1.52. The first-order valence-corrected chi connectivity index (χ1v) is 6.57. The molecule has 0 atom stereocenters. The van der Waals surface area contributed by atoms with Gasteiger partial charge in [-0.15, -0.1) is 0 Å². The van der Waals surface area contributed by atoms with Crippen molar-refractivity contribution in [2.45, 2.75) is 26.3 Å². The zero-order valence-electron chi connectivity index (χ0n) is 11.4. The average Bonchev–Trinajstić information content (AvgIpc) is 2.82. The molecule has 0 fully saturated rings. The molecular weight excluding hydrogens is 262 g/mol. The minimum Gasteiger partial charge on any atom is -0.494 e. The average molecular weight is 280 g/mol. The smallest absolute Gasteiger partial charge is 0.144 e. The third-order valence-electron chi connectivity index (χ3n) is 3.02. The fraction of sp³-hybridized carbons (Fsp3) is 0.357. The number of methoxy groups -OCH3 is 1. The van der Waals surface area contributed by atoms with Crippen molar-refractivity contribution in [2.24, 2.45) is 5.73 Å². The Kier molecular flexibility index (Phi) is 4.12. The molecular formula is C14H18ClN3O. The lowest BCUT2D eigenvalue weighted by molar-refractivity contribution is 0.411. The topological polar surface area (TPSA) is 53.1 Å². The van der Waals surface area contributed by atoms with Gasteiger partial charge in [-0.05, 0) is 24.1 Å². The lowest BCUT2D eigenvalue weighted by atomic mass is 10.1. The van der Waals surface area contributed by atoms with E-state index in [1.165, 1.54) is 0 Å². The summed E-state index contributed by atoms with van der Waals surface area (Å²) in [6.45, 7) is 4.70. The van der Waals surface area contributed by atoms with Crippen LogP contribution in [0.25, 0.3) is 5.69 Å². The maximum Gasteiger partial charge on any atom is 0.144 e. The molecule has 0 amide bonds. The quantitative estimate of drug-likeness (QED) is 0.935. The van der Waals surface area contributed by atoms with Gasteiger partial charge in [0.05, 0.1) is 19.0 Å². The van der Waals surface area contributed by atoms with Gasteiger partial charge < -0.3 is 10.5 Å². The predicted molar refractivity (Wildman–Crippen MR) is 77.1 cm³/mol. The summed E-state index contributed by atoms with van der Waals surface area (Å²) in [6.07, 6.45) is 1.80. The number of hydrogen-bond acceptors (Lipinski definition) is 3. The van der Waals surface area contributed by atoms with Crippen LogP contribution in [0.1, 0.15) is 31.0 Å². The van der Waals surface area contributed by atoms with Crippen molar-refractivity contribution in [2.75, 3.05) is 7.11 Å². The zero-order chi connectivity index (χ0) is 14.0. The van der Waals surface area contributed by atoms with Gasteiger partial charge in [0.15, 0.2) is 0 Å². The summed E-state index contributed by atoms with van der Waals surface area (Å²) in [5, 5.41) is 5.07. The van der Waals surface area contributed by atoms with E-state index < -0.39 is 0 Å². The number of nitrogens with zero attached hydrogens (tertiary/aromatic N) is 2. The Morgan fingerprint density at radius 1 is 1.42 bits per heavy atom. The maximum absolute atomic E-state index is 6.07. The van der Waals surface area contributed by atoms with E-state index in [2.05, 4.69) is 18.9 Å². The number of halogens is 1. The molecule has 0 aliphatic rings. The highest BCUT2D eigenvalue weighted by Crippen LogP contribution is 2.30. The van der Waals surface area contributed by atoms with E-state index in [1.807, 2.05) is 16.8 Å². The largest absolute Gasteiger partial charge is 0.494 e. The predicted octanol–water partition coefficient (Wildman–Crippen LogP) is 3.12. The number of ether oxygens (including phenoxy) is 1. The van der Waals surface area contributed by atoms with Crippen molar-refractivity contribution in [1.82, 2.24) is 9.78 Å². The minimum atomic E-state index is 0.310. The normalized spacial score (nSPS) is 11.1. The fourth-order valence-corrected chi connectivity index (χ4v) is 2.35. The summed E-state index contributed by atoms with van der Waals surface area (Å²) in [6, 6.07) is 5.48. The highest BCUT2D eigenvalue weighted by atomic mass is 35.5. The van der Waals surface area contributed by atoms with E-state index in [-0.39, 0.29) is 0 Å². The van der Waals surface area contributed by atoms with Gasteiger partial charge in [-0.2, -0.15) is 5.10 Å². The number of benzene rings is 1. The first-order valence-electron chi connectivity index (χ1n) is 6.19. The lowest BCUT2D eigenvalue weighted by Crippen LogP contribution is -2.08. The highest BCUT2D eigenvalue weighted by molar-refractivity contribution is 6.30. The standard InChI is InChI=1S/C14H18ClN3O/c1-9(2)14-10(7-16)8-17-18(14)12-6-11(15)4-5-13(12)19-3/h4-6,8-9H,7,16H2,1-3H3. The molecule has 1 aromatic heterocycles. The van der Waals surface area contributed by atoms with Crippen LogP contribution in [-0.4, -0.2) is 16.9 Å². The van der Waals surface area contributed by atoms with Crippen LogP contribution >= 0.6 is 11.6 Å². The molecule has 4 nitrogen and oxygen atoms in total. The van der Waals surface area contributed by atoms with Crippen LogP contribution < -0.4 is 10.5 Å². The number of nitrogens with two attached hydrogens (primary N) is 1. The van der Waals surface area contributed by atoms with Crippen LogP contribution in [0.15, 0.2) is 24.4 Å². The van der Waals surface area contributed by atoms with Crippen molar-refractivity contribution in [3.63, 3.8) is 0 Å². The fourth-order valence-electron chi connectivity index (χ4n) is 2.19. The van der Waals surface area contributed by atoms with Crippen molar-refractivity contribution in [1.29, 1.82) is 0 Å². The number of aromatic nitrogens is 2. The highest BCUT2D eigenvalue weighted by Gasteiger charge is 2.17. The summed E-state index contributed by atoms with van der Waals surface area (Å²) < 4.78 is 7.24. The molecule has 0 bridgehead atoms. The van der Waals surface area contributed by atoms with E-state index in [0.717, 1.165) is 22.7 Å². The van der Waals surface area contributed by atoms with Crippen molar-refractivity contribution in [3.05, 3.63) is 40.7 Å². The lowest BCUT2D eigenvalue weighted by Gasteiger charge is -2.15. The Balaban J connectivity index is 2.65. The number of hydrogen-bond donors (Lipinski definition) is 1. The molecule has 5 heteroatoms. The molecule has 2 aromatic rings. The molecule has 0 saturated carbocycles. The first kappa shape index (κ1) is 13.9. The van der Waals surface area contributed by atoms with Crippen molar-refractivity contribution >= 4 is 11.6 Å². The Bertz CT molecular complexity index is 578. The summed E-state index contributed by atoms with van der Waals surface area (Å²) in [5.74, 6) is 1.04. The SMILES string of the molecule is COc1ccc(Cl)cc1-n1ncc(CN)c1C(C)C. The monoisotopic (exact) mass is 279 g/mol. The van der Waals surface area contributed by atoms with Crippen LogP contribution in [0.3, 0.4) is 0 Å². The van der Waals surface area contributed by atoms with Crippen LogP contribution in [0, 0.1) is 0 Å². The molecule has 1 aromatic carbocycles. The summed E-state index contributed by atoms with van der Waals surface area (Å²) in [5.41, 5.74) is 8.73. The molecule has 1 heterocycles. The van der Waals surface area contributed by atoms with Gasteiger partial charge in [0.2, 0.25) is 0 Å². The van der Waals surface area contributed by atoms with Crippen LogP contribution in [0.2, 0.25) is 5.02 Å². The van der Waals surface area contributed by atoms with Crippen LogP contribution in [0.4, 0.5) is 0 Å². The van der Waals surface area contributed by atoms with Gasteiger partial charge in [0.25, 0.3) is 0 Å². The van der Waals surface area contributed by atoms with Crippen molar-refractivity contribution in [3.8, 4) is 11.4 Å². The summed E-state index contributed by atoms with van der Waals surface area (Å²) >= 11 is 6.07. The molecule has 0 unspecified atom stereocenters. The van der Waals surface area contributed by atoms with E-state index in [9.17, 15) is 0 Å². The first-order chi connectivity index (χ1) is 9.08. The molecule has 0 spiro atoms. The molecule has 2 rings (SSSR count). The molecule has 0 saturated heterocycles. The third-order valence-corrected chi connectivity index (χ3v) is 3.26. The molecule has 0 aliphatic carbocycles. The summed E-state index contributed by atoms with van der Waals surface area (Å²) in [7, 11) is 1.63. The zero-order valence-corrected chi connectivity index (χ0v) is 12.1. The molecule has 102 valence electrons. The van der Waals surface area contributed by atoms with Gasteiger partial charge in [-0.1, -0.05) is 25.4 Å². The van der Waals surface area contributed by atoms with Gasteiger partial charge in [0.1, 0.15) is 11.4 Å². The minimum absolute atomic E-state index is 0.310. The Morgan fingerprint density at radius 3 is 2.74 bits per heavy atom. The molecule has 2 N–H and O–H groups in total. The van der Waals surface area contributed by atoms with E-state index in [0.29, 0.717) is 17.5 Å². The Morgan fingerprint density at radius 2 is 2.16 bits per heavy atom. The van der Waals surface area contributed by atoms with Gasteiger partial charge in [-0.3, -0.25) is 0 Å². The Labute approximate surface area is 118 Å². The van der Waals surface area contributed by atoms with Gasteiger partial charge in [-0.25, -0.2) is 4.68 Å². The second-order valence-electron chi connectivity index (χ2n) is 4.64.